The van der Waals surface area contributed by atoms with Crippen LogP contribution in [0.5, 0.6) is 0 Å². The monoisotopic (exact) mass is 553 g/mol. The molecule has 0 bridgehead atoms. The number of rotatable bonds is 4. The summed E-state index contributed by atoms with van der Waals surface area (Å²) in [7, 11) is 1.86. The first-order valence-corrected chi connectivity index (χ1v) is 13.6. The third-order valence-corrected chi connectivity index (χ3v) is 8.27. The molecule has 11 heteroatoms. The minimum atomic E-state index is -4.38. The van der Waals surface area contributed by atoms with Crippen LogP contribution in [0, 0.1) is 0 Å². The molecule has 2 aliphatic rings. The topological polar surface area (TPSA) is 61.7 Å². The molecule has 4 aromatic rings. The van der Waals surface area contributed by atoms with E-state index in [0.29, 0.717) is 43.0 Å². The standard InChI is InChI=1S/C28H26F3N5O2S/c1-33-15-23(18-2-5-20(6-3-18)28(29,30)31)22-7-4-19(12-25(22)33)26(37)36-13-21(14-36)34-8-10-35(11-9-34)27(38)24-16-39-17-32-24/h2-7,12,15-17,21H,8-11,13-14H2,1H3. The molecule has 0 aliphatic carbocycles. The van der Waals surface area contributed by atoms with E-state index < -0.39 is 11.7 Å². The number of alkyl halides is 3. The summed E-state index contributed by atoms with van der Waals surface area (Å²) in [6.07, 6.45) is -2.50. The Labute approximate surface area is 227 Å². The number of fused-ring (bicyclic) bond motifs is 1. The molecule has 0 spiro atoms. The van der Waals surface area contributed by atoms with Gasteiger partial charge in [-0.1, -0.05) is 18.2 Å². The summed E-state index contributed by atoms with van der Waals surface area (Å²) in [4.78, 5) is 35.9. The van der Waals surface area contributed by atoms with Crippen LogP contribution in [0.1, 0.15) is 26.4 Å². The van der Waals surface area contributed by atoms with Crippen LogP contribution in [-0.4, -0.2) is 81.4 Å². The molecule has 0 radical (unpaired) electrons. The molecule has 7 nitrogen and oxygen atoms in total. The van der Waals surface area contributed by atoms with Crippen LogP contribution in [0.4, 0.5) is 13.2 Å². The van der Waals surface area contributed by atoms with Crippen molar-refractivity contribution in [1.82, 2.24) is 24.3 Å². The van der Waals surface area contributed by atoms with Crippen molar-refractivity contribution in [3.05, 3.63) is 76.4 Å². The van der Waals surface area contributed by atoms with Crippen LogP contribution in [-0.2, 0) is 13.2 Å². The van der Waals surface area contributed by atoms with Crippen molar-refractivity contribution in [2.75, 3.05) is 39.3 Å². The minimum Gasteiger partial charge on any atom is -0.350 e. The van der Waals surface area contributed by atoms with Gasteiger partial charge in [-0.2, -0.15) is 13.2 Å². The van der Waals surface area contributed by atoms with Crippen LogP contribution in [0.15, 0.2) is 59.6 Å². The Hall–Kier alpha value is -3.70. The number of nitrogens with zero attached hydrogens (tertiary/aromatic N) is 5. The number of likely N-dealkylation sites (tertiary alicyclic amines) is 1. The summed E-state index contributed by atoms with van der Waals surface area (Å²) >= 11 is 1.41. The predicted octanol–water partition coefficient (Wildman–Crippen LogP) is 4.60. The van der Waals surface area contributed by atoms with Gasteiger partial charge in [0, 0.05) is 86.0 Å². The SMILES string of the molecule is Cn1cc(-c2ccc(C(F)(F)F)cc2)c2ccc(C(=O)N3CC(N4CCN(C(=O)c5cscn5)CC4)C3)cc21. The number of amides is 2. The molecule has 2 aromatic heterocycles. The van der Waals surface area contributed by atoms with Crippen LogP contribution >= 0.6 is 11.3 Å². The smallest absolute Gasteiger partial charge is 0.350 e. The highest BCUT2D eigenvalue weighted by Gasteiger charge is 2.37. The van der Waals surface area contributed by atoms with Gasteiger partial charge in [0.05, 0.1) is 11.1 Å². The summed E-state index contributed by atoms with van der Waals surface area (Å²) in [5, 5.41) is 2.65. The molecule has 2 saturated heterocycles. The molecular formula is C28H26F3N5O2S. The molecule has 0 N–H and O–H groups in total. The minimum absolute atomic E-state index is 0.0288. The first-order valence-electron chi connectivity index (χ1n) is 12.7. The first kappa shape index (κ1) is 25.6. The lowest BCUT2D eigenvalue weighted by molar-refractivity contribution is -0.137. The molecule has 0 saturated carbocycles. The van der Waals surface area contributed by atoms with E-state index >= 15 is 0 Å². The van der Waals surface area contributed by atoms with Crippen LogP contribution in [0.25, 0.3) is 22.0 Å². The highest BCUT2D eigenvalue weighted by molar-refractivity contribution is 7.07. The van der Waals surface area contributed by atoms with Gasteiger partial charge in [-0.3, -0.25) is 14.5 Å². The van der Waals surface area contributed by atoms with Crippen LogP contribution in [0.3, 0.4) is 0 Å². The number of hydrogen-bond acceptors (Lipinski definition) is 5. The molecular weight excluding hydrogens is 527 g/mol. The second-order valence-corrected chi connectivity index (χ2v) is 10.7. The molecule has 4 heterocycles. The summed E-state index contributed by atoms with van der Waals surface area (Å²) in [5.74, 6) is -0.0679. The van der Waals surface area contributed by atoms with Gasteiger partial charge >= 0.3 is 6.18 Å². The lowest BCUT2D eigenvalue weighted by Crippen LogP contribution is -2.64. The Bertz CT molecular complexity index is 1520. The number of halogens is 3. The molecule has 39 heavy (non-hydrogen) atoms. The van der Waals surface area contributed by atoms with E-state index in [2.05, 4.69) is 9.88 Å². The van der Waals surface area contributed by atoms with E-state index in [1.165, 1.54) is 23.5 Å². The normalized spacial score (nSPS) is 17.0. The van der Waals surface area contributed by atoms with E-state index in [1.807, 2.05) is 39.7 Å². The largest absolute Gasteiger partial charge is 0.416 e. The van der Waals surface area contributed by atoms with Gasteiger partial charge in [0.2, 0.25) is 0 Å². The highest BCUT2D eigenvalue weighted by atomic mass is 32.1. The predicted molar refractivity (Wildman–Crippen MR) is 143 cm³/mol. The van der Waals surface area contributed by atoms with Crippen LogP contribution < -0.4 is 0 Å². The van der Waals surface area contributed by atoms with Crippen molar-refractivity contribution in [2.24, 2.45) is 7.05 Å². The van der Waals surface area contributed by atoms with E-state index in [-0.39, 0.29) is 17.9 Å². The molecule has 2 amide bonds. The molecule has 2 fully saturated rings. The third kappa shape index (κ3) is 4.80. The second kappa shape index (κ2) is 9.80. The average molecular weight is 554 g/mol. The van der Waals surface area contributed by atoms with E-state index in [1.54, 1.807) is 17.0 Å². The zero-order chi connectivity index (χ0) is 27.3. The van der Waals surface area contributed by atoms with Gasteiger partial charge in [-0.05, 0) is 29.8 Å². The van der Waals surface area contributed by atoms with E-state index in [9.17, 15) is 22.8 Å². The lowest BCUT2D eigenvalue weighted by Gasteiger charge is -2.48. The fourth-order valence-electron chi connectivity index (χ4n) is 5.39. The number of aryl methyl sites for hydroxylation is 1. The maximum absolute atomic E-state index is 13.2. The molecule has 202 valence electrons. The number of benzene rings is 2. The summed E-state index contributed by atoms with van der Waals surface area (Å²) in [6, 6.07) is 10.9. The quantitative estimate of drug-likeness (QED) is 0.371. The number of aromatic nitrogens is 2. The number of piperazine rings is 1. The van der Waals surface area contributed by atoms with Gasteiger partial charge in [0.15, 0.2) is 0 Å². The Morgan fingerprint density at radius 1 is 0.949 bits per heavy atom. The summed E-state index contributed by atoms with van der Waals surface area (Å²) in [6.45, 7) is 4.11. The van der Waals surface area contributed by atoms with Crippen molar-refractivity contribution in [1.29, 1.82) is 0 Å². The van der Waals surface area contributed by atoms with Gasteiger partial charge < -0.3 is 14.4 Å². The molecule has 0 unspecified atom stereocenters. The Morgan fingerprint density at radius 3 is 2.31 bits per heavy atom. The zero-order valence-electron chi connectivity index (χ0n) is 21.2. The summed E-state index contributed by atoms with van der Waals surface area (Å²) < 4.78 is 40.8. The maximum atomic E-state index is 13.2. The Balaban J connectivity index is 1.09. The number of hydrogen-bond donors (Lipinski definition) is 0. The number of carbonyl (C=O) groups excluding carboxylic acids is 2. The van der Waals surface area contributed by atoms with Gasteiger partial charge in [0.1, 0.15) is 5.69 Å². The van der Waals surface area contributed by atoms with E-state index in [4.69, 9.17) is 0 Å². The molecule has 0 atom stereocenters. The van der Waals surface area contributed by atoms with Crippen molar-refractivity contribution < 1.29 is 22.8 Å². The van der Waals surface area contributed by atoms with E-state index in [0.717, 1.165) is 41.7 Å². The van der Waals surface area contributed by atoms with Gasteiger partial charge in [-0.15, -0.1) is 11.3 Å². The summed E-state index contributed by atoms with van der Waals surface area (Å²) in [5.41, 5.74) is 4.41. The zero-order valence-corrected chi connectivity index (χ0v) is 22.0. The fourth-order valence-corrected chi connectivity index (χ4v) is 5.92. The number of carbonyl (C=O) groups is 2. The second-order valence-electron chi connectivity index (χ2n) is 10.0. The molecule has 2 aromatic carbocycles. The Kier molecular flexibility index (Phi) is 6.43. The van der Waals surface area contributed by atoms with Crippen molar-refractivity contribution in [2.45, 2.75) is 12.2 Å². The average Bonchev–Trinajstić information content (AvgIpc) is 3.56. The van der Waals surface area contributed by atoms with Crippen molar-refractivity contribution in [3.63, 3.8) is 0 Å². The Morgan fingerprint density at radius 2 is 1.67 bits per heavy atom. The van der Waals surface area contributed by atoms with Crippen LogP contribution in [0.2, 0.25) is 0 Å². The van der Waals surface area contributed by atoms with Crippen molar-refractivity contribution in [3.8, 4) is 11.1 Å². The molecule has 2 aliphatic heterocycles. The van der Waals surface area contributed by atoms with Gasteiger partial charge in [0.25, 0.3) is 11.8 Å². The van der Waals surface area contributed by atoms with Crippen molar-refractivity contribution >= 4 is 34.1 Å². The van der Waals surface area contributed by atoms with Gasteiger partial charge in [-0.25, -0.2) is 4.98 Å². The third-order valence-electron chi connectivity index (χ3n) is 7.68. The fraction of sp³-hybridized carbons (Fsp3) is 0.321. The maximum Gasteiger partial charge on any atom is 0.416 e. The molecule has 6 rings (SSSR count). The first-order chi connectivity index (χ1) is 18.7. The number of thiazole rings is 1. The lowest BCUT2D eigenvalue weighted by atomic mass is 10.0. The highest BCUT2D eigenvalue weighted by Crippen LogP contribution is 2.34.